The van der Waals surface area contributed by atoms with Crippen molar-refractivity contribution in [3.63, 3.8) is 0 Å². The molecule has 1 aromatic carbocycles. The zero-order valence-corrected chi connectivity index (χ0v) is 12.1. The lowest BCUT2D eigenvalue weighted by Crippen LogP contribution is -2.32. The number of hydrogen-bond donors (Lipinski definition) is 4. The van der Waals surface area contributed by atoms with Crippen molar-refractivity contribution in [2.24, 2.45) is 5.14 Å². The van der Waals surface area contributed by atoms with E-state index < -0.39 is 16.1 Å². The Labute approximate surface area is 119 Å². The number of benzene rings is 1. The average Bonchev–Trinajstić information content (AvgIpc) is 2.56. The summed E-state index contributed by atoms with van der Waals surface area (Å²) >= 11 is 0. The number of nitrogen functional groups attached to an aromatic ring is 1. The number of aliphatic hydroxyl groups excluding tert-OH is 1. The van der Waals surface area contributed by atoms with E-state index in [1.807, 2.05) is 0 Å². The summed E-state index contributed by atoms with van der Waals surface area (Å²) in [6, 6.07) is 4.54. The number of primary sulfonamides is 1. The van der Waals surface area contributed by atoms with Gasteiger partial charge in [-0.05, 0) is 25.0 Å². The molecule has 0 radical (unpaired) electrons. The Bertz CT molecular complexity index is 574. The topological polar surface area (TPSA) is 118 Å². The van der Waals surface area contributed by atoms with Crippen LogP contribution in [0.2, 0.25) is 0 Å². The van der Waals surface area contributed by atoms with Gasteiger partial charge in [0.15, 0.2) is 0 Å². The highest BCUT2D eigenvalue weighted by atomic mass is 32.2. The molecule has 2 unspecified atom stereocenters. The van der Waals surface area contributed by atoms with E-state index in [0.717, 1.165) is 32.1 Å². The monoisotopic (exact) mass is 299 g/mol. The Balaban J connectivity index is 2.25. The molecule has 6 N–H and O–H groups in total. The van der Waals surface area contributed by atoms with Crippen LogP contribution in [0.5, 0.6) is 0 Å². The third kappa shape index (κ3) is 3.41. The first-order valence-electron chi connectivity index (χ1n) is 6.75. The number of nitrogens with one attached hydrogen (secondary N) is 1. The molecule has 2 atom stereocenters. The largest absolute Gasteiger partial charge is 0.396 e. The fraction of sp³-hybridized carbons (Fsp3) is 0.538. The molecule has 112 valence electrons. The Kier molecular flexibility index (Phi) is 4.52. The van der Waals surface area contributed by atoms with Crippen molar-refractivity contribution in [1.29, 1.82) is 0 Å². The first-order valence-corrected chi connectivity index (χ1v) is 8.30. The Morgan fingerprint density at radius 3 is 2.60 bits per heavy atom. The van der Waals surface area contributed by atoms with E-state index in [1.165, 1.54) is 6.07 Å². The Morgan fingerprint density at radius 2 is 1.90 bits per heavy atom. The fourth-order valence-corrected chi connectivity index (χ4v) is 3.26. The number of hydrogen-bond acceptors (Lipinski definition) is 5. The van der Waals surface area contributed by atoms with Gasteiger partial charge in [-0.3, -0.25) is 0 Å². The van der Waals surface area contributed by atoms with E-state index in [0.29, 0.717) is 5.69 Å². The number of aliphatic hydroxyl groups is 1. The molecule has 1 saturated carbocycles. The number of para-hydroxylation sites is 1. The van der Waals surface area contributed by atoms with Gasteiger partial charge in [0.1, 0.15) is 4.90 Å². The maximum absolute atomic E-state index is 11.4. The van der Waals surface area contributed by atoms with Crippen LogP contribution in [-0.4, -0.2) is 25.7 Å². The van der Waals surface area contributed by atoms with E-state index in [1.54, 1.807) is 12.1 Å². The van der Waals surface area contributed by atoms with Crippen molar-refractivity contribution in [3.05, 3.63) is 18.2 Å². The first kappa shape index (κ1) is 15.1. The number of anilines is 2. The second-order valence-electron chi connectivity index (χ2n) is 5.22. The van der Waals surface area contributed by atoms with Crippen LogP contribution >= 0.6 is 0 Å². The van der Waals surface area contributed by atoms with Crippen LogP contribution < -0.4 is 16.2 Å². The van der Waals surface area contributed by atoms with E-state index in [2.05, 4.69) is 5.32 Å². The van der Waals surface area contributed by atoms with Crippen molar-refractivity contribution in [2.75, 3.05) is 11.1 Å². The highest BCUT2D eigenvalue weighted by Crippen LogP contribution is 2.29. The van der Waals surface area contributed by atoms with Crippen molar-refractivity contribution < 1.29 is 13.5 Å². The number of nitrogens with two attached hydrogens (primary N) is 2. The van der Waals surface area contributed by atoms with Crippen LogP contribution in [0.15, 0.2) is 23.1 Å². The molecule has 0 heterocycles. The third-order valence-electron chi connectivity index (χ3n) is 3.69. The molecule has 0 bridgehead atoms. The second kappa shape index (κ2) is 5.99. The minimum absolute atomic E-state index is 0.0920. The van der Waals surface area contributed by atoms with E-state index in [9.17, 15) is 13.5 Å². The summed E-state index contributed by atoms with van der Waals surface area (Å²) in [6.07, 6.45) is 4.26. The van der Waals surface area contributed by atoms with Crippen molar-refractivity contribution in [1.82, 2.24) is 0 Å². The van der Waals surface area contributed by atoms with E-state index in [4.69, 9.17) is 10.9 Å². The highest BCUT2D eigenvalue weighted by molar-refractivity contribution is 7.89. The molecule has 0 aromatic heterocycles. The van der Waals surface area contributed by atoms with Crippen molar-refractivity contribution >= 4 is 21.4 Å². The molecule has 1 fully saturated rings. The summed E-state index contributed by atoms with van der Waals surface area (Å²) in [4.78, 5) is -0.0920. The molecule has 20 heavy (non-hydrogen) atoms. The predicted octanol–water partition coefficient (Wildman–Crippen LogP) is 1.02. The van der Waals surface area contributed by atoms with Crippen LogP contribution in [0.25, 0.3) is 0 Å². The minimum atomic E-state index is -3.85. The zero-order chi connectivity index (χ0) is 14.8. The zero-order valence-electron chi connectivity index (χ0n) is 11.2. The smallest absolute Gasteiger partial charge is 0.240 e. The van der Waals surface area contributed by atoms with Gasteiger partial charge >= 0.3 is 0 Å². The van der Waals surface area contributed by atoms with Crippen LogP contribution in [0, 0.1) is 0 Å². The fourth-order valence-electron chi connectivity index (χ4n) is 2.57. The summed E-state index contributed by atoms with van der Waals surface area (Å²) in [6.45, 7) is 0. The van der Waals surface area contributed by atoms with Crippen molar-refractivity contribution in [2.45, 2.75) is 49.1 Å². The van der Waals surface area contributed by atoms with Gasteiger partial charge < -0.3 is 16.2 Å². The van der Waals surface area contributed by atoms with Crippen molar-refractivity contribution in [3.8, 4) is 0 Å². The molecule has 7 heteroatoms. The maximum atomic E-state index is 11.4. The molecule has 0 saturated heterocycles. The molecule has 0 amide bonds. The van der Waals surface area contributed by atoms with E-state index >= 15 is 0 Å². The van der Waals surface area contributed by atoms with Gasteiger partial charge in [0.25, 0.3) is 0 Å². The van der Waals surface area contributed by atoms with Crippen LogP contribution in [0.1, 0.15) is 32.1 Å². The van der Waals surface area contributed by atoms with Crippen LogP contribution in [0.4, 0.5) is 11.4 Å². The van der Waals surface area contributed by atoms with Gasteiger partial charge in [0.2, 0.25) is 10.0 Å². The van der Waals surface area contributed by atoms with Crippen LogP contribution in [0.3, 0.4) is 0 Å². The minimum Gasteiger partial charge on any atom is -0.396 e. The molecule has 1 aromatic rings. The lowest BCUT2D eigenvalue weighted by atomic mass is 10.1. The molecule has 1 aliphatic carbocycles. The summed E-state index contributed by atoms with van der Waals surface area (Å²) in [5.74, 6) is 0. The quantitative estimate of drug-likeness (QED) is 0.491. The Morgan fingerprint density at radius 1 is 1.20 bits per heavy atom. The van der Waals surface area contributed by atoms with Gasteiger partial charge in [0, 0.05) is 0 Å². The standard InChI is InChI=1S/C13H21N3O3S/c14-13-10(6-4-8-12(13)20(15,18)19)16-9-5-2-1-3-7-11(9)17/h4,6,8-9,11,16-17H,1-3,5,7,14H2,(H2,15,18,19). The molecular weight excluding hydrogens is 278 g/mol. The molecule has 0 spiro atoms. The molecule has 0 aliphatic heterocycles. The first-order chi connectivity index (χ1) is 9.39. The number of sulfonamides is 1. The summed E-state index contributed by atoms with van der Waals surface area (Å²) < 4.78 is 22.9. The lowest BCUT2D eigenvalue weighted by Gasteiger charge is -2.24. The summed E-state index contributed by atoms with van der Waals surface area (Å²) in [5, 5.41) is 18.4. The highest BCUT2D eigenvalue weighted by Gasteiger charge is 2.23. The SMILES string of the molecule is Nc1c(NC2CCCCCC2O)cccc1S(N)(=O)=O. The van der Waals surface area contributed by atoms with Gasteiger partial charge in [-0.1, -0.05) is 25.3 Å². The van der Waals surface area contributed by atoms with Gasteiger partial charge in [-0.25, -0.2) is 13.6 Å². The van der Waals surface area contributed by atoms with Crippen LogP contribution in [-0.2, 0) is 10.0 Å². The summed E-state index contributed by atoms with van der Waals surface area (Å²) in [7, 11) is -3.85. The molecule has 1 aliphatic rings. The number of rotatable bonds is 3. The maximum Gasteiger partial charge on any atom is 0.240 e. The lowest BCUT2D eigenvalue weighted by molar-refractivity contribution is 0.144. The third-order valence-corrected chi connectivity index (χ3v) is 4.66. The molecule has 2 rings (SSSR count). The predicted molar refractivity (Wildman–Crippen MR) is 78.7 cm³/mol. The molecular formula is C13H21N3O3S. The van der Waals surface area contributed by atoms with Gasteiger partial charge in [-0.2, -0.15) is 0 Å². The van der Waals surface area contributed by atoms with Gasteiger partial charge in [0.05, 0.1) is 23.5 Å². The van der Waals surface area contributed by atoms with E-state index in [-0.39, 0.29) is 16.6 Å². The summed E-state index contributed by atoms with van der Waals surface area (Å²) in [5.41, 5.74) is 6.47. The van der Waals surface area contributed by atoms with Gasteiger partial charge in [-0.15, -0.1) is 0 Å². The second-order valence-corrected chi connectivity index (χ2v) is 6.75. The molecule has 6 nitrogen and oxygen atoms in total. The Hall–Kier alpha value is -1.31. The normalized spacial score (nSPS) is 24.1. The average molecular weight is 299 g/mol.